The van der Waals surface area contributed by atoms with Crippen molar-refractivity contribution in [1.82, 2.24) is 4.90 Å². The van der Waals surface area contributed by atoms with E-state index in [1.165, 1.54) is 0 Å². The predicted molar refractivity (Wildman–Crippen MR) is 61.7 cm³/mol. The Hall–Kier alpha value is -1.55. The normalized spacial score (nSPS) is 10.4. The number of para-hydroxylation sites is 1. The highest BCUT2D eigenvalue weighted by Crippen LogP contribution is 2.07. The Balaban J connectivity index is 2.13. The zero-order valence-electron chi connectivity index (χ0n) is 9.43. The number of aliphatic carboxylic acids is 1. The van der Waals surface area contributed by atoms with E-state index in [4.69, 9.17) is 9.84 Å². The fraction of sp³-hybridized carbons (Fsp3) is 0.417. The van der Waals surface area contributed by atoms with Crippen molar-refractivity contribution in [3.05, 3.63) is 30.3 Å². The summed E-state index contributed by atoms with van der Waals surface area (Å²) in [5.74, 6) is 0.0740. The van der Waals surface area contributed by atoms with Crippen LogP contribution in [-0.2, 0) is 4.79 Å². The molecule has 1 aromatic rings. The van der Waals surface area contributed by atoms with Gasteiger partial charge < -0.3 is 14.7 Å². The van der Waals surface area contributed by atoms with E-state index < -0.39 is 5.97 Å². The molecule has 0 saturated carbocycles. The molecule has 1 N–H and O–H groups in total. The highest BCUT2D eigenvalue weighted by molar-refractivity contribution is 5.66. The lowest BCUT2D eigenvalue weighted by Gasteiger charge is -2.15. The molecule has 88 valence electrons. The number of rotatable bonds is 7. The number of hydrogen-bond donors (Lipinski definition) is 1. The zero-order chi connectivity index (χ0) is 11.8. The third-order valence-corrected chi connectivity index (χ3v) is 2.19. The maximum Gasteiger partial charge on any atom is 0.304 e. The molecule has 4 heteroatoms. The molecule has 0 spiro atoms. The van der Waals surface area contributed by atoms with Crippen LogP contribution in [0.15, 0.2) is 30.3 Å². The van der Waals surface area contributed by atoms with Gasteiger partial charge >= 0.3 is 5.97 Å². The van der Waals surface area contributed by atoms with Crippen molar-refractivity contribution in [3.8, 4) is 5.75 Å². The van der Waals surface area contributed by atoms with Gasteiger partial charge in [0, 0.05) is 13.1 Å². The van der Waals surface area contributed by atoms with E-state index in [0.29, 0.717) is 13.2 Å². The maximum absolute atomic E-state index is 10.3. The minimum atomic E-state index is -0.768. The quantitative estimate of drug-likeness (QED) is 0.760. The smallest absolute Gasteiger partial charge is 0.304 e. The molecule has 0 aromatic heterocycles. The molecule has 0 aliphatic rings. The first-order valence-electron chi connectivity index (χ1n) is 5.26. The molecule has 0 aliphatic carbocycles. The van der Waals surface area contributed by atoms with Crippen molar-refractivity contribution >= 4 is 5.97 Å². The van der Waals surface area contributed by atoms with Crippen LogP contribution in [0.1, 0.15) is 6.42 Å². The van der Waals surface area contributed by atoms with E-state index in [0.717, 1.165) is 12.3 Å². The second kappa shape index (κ2) is 6.85. The Morgan fingerprint density at radius 2 is 2.00 bits per heavy atom. The Bertz CT molecular complexity index is 313. The van der Waals surface area contributed by atoms with Crippen LogP contribution in [0.3, 0.4) is 0 Å². The number of nitrogens with zero attached hydrogens (tertiary/aromatic N) is 1. The number of ether oxygens (including phenoxy) is 1. The van der Waals surface area contributed by atoms with Crippen LogP contribution in [0.25, 0.3) is 0 Å². The highest BCUT2D eigenvalue weighted by Gasteiger charge is 2.02. The number of likely N-dealkylation sites (N-methyl/N-ethyl adjacent to an activating group) is 1. The molecule has 0 bridgehead atoms. The van der Waals surface area contributed by atoms with Crippen molar-refractivity contribution in [2.24, 2.45) is 0 Å². The third-order valence-electron chi connectivity index (χ3n) is 2.19. The van der Waals surface area contributed by atoms with E-state index in [1.807, 2.05) is 42.3 Å². The molecule has 16 heavy (non-hydrogen) atoms. The summed E-state index contributed by atoms with van der Waals surface area (Å²) in [6.45, 7) is 1.84. The molecule has 0 aliphatic heterocycles. The highest BCUT2D eigenvalue weighted by atomic mass is 16.5. The molecular formula is C12H17NO3. The van der Waals surface area contributed by atoms with Gasteiger partial charge in [0.25, 0.3) is 0 Å². The van der Waals surface area contributed by atoms with Gasteiger partial charge in [0.15, 0.2) is 0 Å². The Morgan fingerprint density at radius 3 is 2.62 bits per heavy atom. The van der Waals surface area contributed by atoms with E-state index in [1.54, 1.807) is 0 Å². The molecule has 0 radical (unpaired) electrons. The SMILES string of the molecule is CN(CCOc1ccccc1)CCC(=O)O. The first-order valence-corrected chi connectivity index (χ1v) is 5.26. The Labute approximate surface area is 95.5 Å². The monoisotopic (exact) mass is 223 g/mol. The lowest BCUT2D eigenvalue weighted by Crippen LogP contribution is -2.26. The summed E-state index contributed by atoms with van der Waals surface area (Å²) in [7, 11) is 1.89. The van der Waals surface area contributed by atoms with Crippen molar-refractivity contribution < 1.29 is 14.6 Å². The fourth-order valence-corrected chi connectivity index (χ4v) is 1.23. The third kappa shape index (κ3) is 5.36. The van der Waals surface area contributed by atoms with Gasteiger partial charge in [-0.1, -0.05) is 18.2 Å². The van der Waals surface area contributed by atoms with Crippen LogP contribution in [0.5, 0.6) is 5.75 Å². The summed E-state index contributed by atoms with van der Waals surface area (Å²) in [5.41, 5.74) is 0. The van der Waals surface area contributed by atoms with Crippen molar-refractivity contribution in [2.45, 2.75) is 6.42 Å². The molecule has 4 nitrogen and oxygen atoms in total. The zero-order valence-corrected chi connectivity index (χ0v) is 9.43. The largest absolute Gasteiger partial charge is 0.492 e. The fourth-order valence-electron chi connectivity index (χ4n) is 1.23. The van der Waals surface area contributed by atoms with Gasteiger partial charge in [-0.15, -0.1) is 0 Å². The second-order valence-electron chi connectivity index (χ2n) is 3.61. The standard InChI is InChI=1S/C12H17NO3/c1-13(8-7-12(14)15)9-10-16-11-5-3-2-4-6-11/h2-6H,7-10H2,1H3,(H,14,15). The van der Waals surface area contributed by atoms with Gasteiger partial charge in [0.2, 0.25) is 0 Å². The predicted octanol–water partition coefficient (Wildman–Crippen LogP) is 1.47. The molecular weight excluding hydrogens is 206 g/mol. The van der Waals surface area contributed by atoms with Gasteiger partial charge in [0.1, 0.15) is 12.4 Å². The first kappa shape index (κ1) is 12.5. The van der Waals surface area contributed by atoms with E-state index in [2.05, 4.69) is 0 Å². The summed E-state index contributed by atoms with van der Waals surface area (Å²) in [4.78, 5) is 12.3. The summed E-state index contributed by atoms with van der Waals surface area (Å²) in [5, 5.41) is 8.51. The summed E-state index contributed by atoms with van der Waals surface area (Å²) >= 11 is 0. The lowest BCUT2D eigenvalue weighted by molar-refractivity contribution is -0.137. The van der Waals surface area contributed by atoms with Crippen LogP contribution in [0, 0.1) is 0 Å². The van der Waals surface area contributed by atoms with Gasteiger partial charge in [-0.25, -0.2) is 0 Å². The number of carbonyl (C=O) groups is 1. The molecule has 0 unspecified atom stereocenters. The Morgan fingerprint density at radius 1 is 1.31 bits per heavy atom. The van der Waals surface area contributed by atoms with E-state index >= 15 is 0 Å². The average molecular weight is 223 g/mol. The molecule has 0 amide bonds. The van der Waals surface area contributed by atoms with E-state index in [-0.39, 0.29) is 6.42 Å². The number of hydrogen-bond acceptors (Lipinski definition) is 3. The van der Waals surface area contributed by atoms with Crippen LogP contribution in [0.4, 0.5) is 0 Å². The molecule has 1 rings (SSSR count). The molecule has 0 fully saturated rings. The van der Waals surface area contributed by atoms with Crippen LogP contribution < -0.4 is 4.74 Å². The van der Waals surface area contributed by atoms with Crippen molar-refractivity contribution in [2.75, 3.05) is 26.7 Å². The average Bonchev–Trinajstić information content (AvgIpc) is 2.28. The Kier molecular flexibility index (Phi) is 5.36. The minimum absolute atomic E-state index is 0.168. The van der Waals surface area contributed by atoms with Crippen molar-refractivity contribution in [3.63, 3.8) is 0 Å². The van der Waals surface area contributed by atoms with Crippen molar-refractivity contribution in [1.29, 1.82) is 0 Å². The van der Waals surface area contributed by atoms with E-state index in [9.17, 15) is 4.79 Å². The lowest BCUT2D eigenvalue weighted by atomic mass is 10.3. The first-order chi connectivity index (χ1) is 7.68. The summed E-state index contributed by atoms with van der Waals surface area (Å²) in [6.07, 6.45) is 0.168. The molecule has 0 heterocycles. The number of carboxylic acids is 1. The van der Waals surface area contributed by atoms with Crippen LogP contribution in [-0.4, -0.2) is 42.7 Å². The topological polar surface area (TPSA) is 49.8 Å². The molecule has 0 saturated heterocycles. The van der Waals surface area contributed by atoms with Crippen LogP contribution in [0.2, 0.25) is 0 Å². The van der Waals surface area contributed by atoms with Gasteiger partial charge in [-0.05, 0) is 19.2 Å². The minimum Gasteiger partial charge on any atom is -0.492 e. The van der Waals surface area contributed by atoms with Crippen LogP contribution >= 0.6 is 0 Å². The number of benzene rings is 1. The second-order valence-corrected chi connectivity index (χ2v) is 3.61. The maximum atomic E-state index is 10.3. The summed E-state index contributed by atoms with van der Waals surface area (Å²) in [6, 6.07) is 9.58. The number of carboxylic acid groups (broad SMARTS) is 1. The molecule has 1 aromatic carbocycles. The molecule has 0 atom stereocenters. The van der Waals surface area contributed by atoms with Gasteiger partial charge in [0.05, 0.1) is 6.42 Å². The van der Waals surface area contributed by atoms with Gasteiger partial charge in [-0.3, -0.25) is 4.79 Å². The summed E-state index contributed by atoms with van der Waals surface area (Å²) < 4.78 is 5.49. The van der Waals surface area contributed by atoms with Gasteiger partial charge in [-0.2, -0.15) is 0 Å².